The zero-order valence-electron chi connectivity index (χ0n) is 5.26. The predicted molar refractivity (Wildman–Crippen MR) is 42.9 cm³/mol. The van der Waals surface area contributed by atoms with Crippen LogP contribution < -0.4 is 0 Å². The van der Waals surface area contributed by atoms with Crippen LogP contribution in [0, 0.1) is 13.8 Å². The highest BCUT2D eigenvalue weighted by Crippen LogP contribution is 2.24. The molecule has 0 aliphatic heterocycles. The summed E-state index contributed by atoms with van der Waals surface area (Å²) in [5, 5.41) is 0. The Morgan fingerprint density at radius 3 is 3.11 bits per heavy atom. The van der Waals surface area contributed by atoms with Crippen molar-refractivity contribution in [1.82, 2.24) is 4.98 Å². The first kappa shape index (κ1) is 7.09. The van der Waals surface area contributed by atoms with E-state index in [4.69, 9.17) is 0 Å². The van der Waals surface area contributed by atoms with Crippen molar-refractivity contribution in [1.29, 1.82) is 0 Å². The summed E-state index contributed by atoms with van der Waals surface area (Å²) in [6.45, 7) is 5.77. The number of nitrogens with zero attached hydrogens (tertiary/aromatic N) is 1. The standard InChI is InChI=1S/C6H8NS2/c1-3-8-6-5(2)7-4-9-6/h4H,1,3H2,2H3. The molecule has 0 atom stereocenters. The molecule has 3 heteroatoms. The summed E-state index contributed by atoms with van der Waals surface area (Å²) in [5.41, 5.74) is 3.00. The smallest absolute Gasteiger partial charge is 0.0827 e. The average molecular weight is 158 g/mol. The maximum atomic E-state index is 4.11. The van der Waals surface area contributed by atoms with Crippen molar-refractivity contribution in [2.24, 2.45) is 0 Å². The number of thioether (sulfide) groups is 1. The number of thiazole rings is 1. The van der Waals surface area contributed by atoms with Gasteiger partial charge in [0.2, 0.25) is 0 Å². The number of aryl methyl sites for hydroxylation is 1. The van der Waals surface area contributed by atoms with Gasteiger partial charge in [0.1, 0.15) is 0 Å². The fourth-order valence-electron chi connectivity index (χ4n) is 0.522. The molecule has 0 aromatic carbocycles. The third-order valence-corrected chi connectivity index (χ3v) is 3.06. The molecule has 0 N–H and O–H groups in total. The largest absolute Gasteiger partial charge is 0.249 e. The van der Waals surface area contributed by atoms with Crippen LogP contribution in [0.3, 0.4) is 0 Å². The summed E-state index contributed by atoms with van der Waals surface area (Å²) in [6, 6.07) is 0. The molecule has 1 rings (SSSR count). The van der Waals surface area contributed by atoms with Crippen LogP contribution in [-0.4, -0.2) is 10.7 Å². The van der Waals surface area contributed by atoms with Gasteiger partial charge in [-0.3, -0.25) is 0 Å². The van der Waals surface area contributed by atoms with Crippen LogP contribution in [0.2, 0.25) is 0 Å². The van der Waals surface area contributed by atoms with Crippen molar-refractivity contribution in [3.8, 4) is 0 Å². The number of aromatic nitrogens is 1. The molecular formula is C6H8NS2. The molecule has 1 aromatic rings. The molecule has 0 spiro atoms. The predicted octanol–water partition coefficient (Wildman–Crippen LogP) is 2.38. The van der Waals surface area contributed by atoms with E-state index in [1.54, 1.807) is 23.1 Å². The number of hydrogen-bond donors (Lipinski definition) is 0. The van der Waals surface area contributed by atoms with Crippen LogP contribution in [-0.2, 0) is 0 Å². The van der Waals surface area contributed by atoms with Crippen molar-refractivity contribution >= 4 is 23.1 Å². The molecule has 9 heavy (non-hydrogen) atoms. The molecule has 1 aromatic heterocycles. The van der Waals surface area contributed by atoms with Gasteiger partial charge in [-0.05, 0) is 19.6 Å². The van der Waals surface area contributed by atoms with Crippen molar-refractivity contribution in [2.75, 3.05) is 5.75 Å². The Balaban J connectivity index is 2.69. The van der Waals surface area contributed by atoms with Gasteiger partial charge in [-0.25, -0.2) is 4.98 Å². The lowest BCUT2D eigenvalue weighted by atomic mass is 10.6. The monoisotopic (exact) mass is 158 g/mol. The second-order valence-electron chi connectivity index (χ2n) is 1.57. The van der Waals surface area contributed by atoms with Gasteiger partial charge in [0.05, 0.1) is 15.4 Å². The van der Waals surface area contributed by atoms with Gasteiger partial charge in [-0.15, -0.1) is 23.1 Å². The first-order valence-corrected chi connectivity index (χ1v) is 4.53. The highest BCUT2D eigenvalue weighted by Gasteiger charge is 1.97. The second-order valence-corrected chi connectivity index (χ2v) is 3.79. The molecule has 0 saturated carbocycles. The van der Waals surface area contributed by atoms with Crippen molar-refractivity contribution in [3.05, 3.63) is 18.1 Å². The van der Waals surface area contributed by atoms with Crippen LogP contribution in [0.15, 0.2) is 9.72 Å². The highest BCUT2D eigenvalue weighted by atomic mass is 32.2. The highest BCUT2D eigenvalue weighted by molar-refractivity contribution is 8.01. The minimum absolute atomic E-state index is 0.892. The average Bonchev–Trinajstić information content (AvgIpc) is 2.18. The van der Waals surface area contributed by atoms with Gasteiger partial charge >= 0.3 is 0 Å². The summed E-state index contributed by atoms with van der Waals surface area (Å²) in [4.78, 5) is 4.11. The van der Waals surface area contributed by atoms with Gasteiger partial charge < -0.3 is 0 Å². The summed E-state index contributed by atoms with van der Waals surface area (Å²) in [6.07, 6.45) is 0. The van der Waals surface area contributed by atoms with E-state index in [0.29, 0.717) is 0 Å². The van der Waals surface area contributed by atoms with Crippen LogP contribution in [0.25, 0.3) is 0 Å². The Kier molecular flexibility index (Phi) is 2.54. The molecule has 0 fully saturated rings. The second kappa shape index (κ2) is 3.22. The summed E-state index contributed by atoms with van der Waals surface area (Å²) in [5.74, 6) is 0.892. The maximum Gasteiger partial charge on any atom is 0.0827 e. The van der Waals surface area contributed by atoms with Gasteiger partial charge in [-0.1, -0.05) is 0 Å². The van der Waals surface area contributed by atoms with E-state index in [2.05, 4.69) is 11.9 Å². The van der Waals surface area contributed by atoms with Gasteiger partial charge in [0, 0.05) is 0 Å². The lowest BCUT2D eigenvalue weighted by Gasteiger charge is -1.90. The van der Waals surface area contributed by atoms with Crippen LogP contribution in [0.1, 0.15) is 5.69 Å². The zero-order valence-corrected chi connectivity index (χ0v) is 6.89. The molecule has 1 radical (unpaired) electrons. The van der Waals surface area contributed by atoms with E-state index in [1.807, 2.05) is 12.4 Å². The third-order valence-electron chi connectivity index (χ3n) is 0.935. The van der Waals surface area contributed by atoms with E-state index in [9.17, 15) is 0 Å². The lowest BCUT2D eigenvalue weighted by Crippen LogP contribution is -1.71. The van der Waals surface area contributed by atoms with E-state index in [1.165, 1.54) is 4.21 Å². The zero-order chi connectivity index (χ0) is 6.69. The Bertz CT molecular complexity index is 183. The Hall–Kier alpha value is -0.0200. The Morgan fingerprint density at radius 2 is 2.67 bits per heavy atom. The van der Waals surface area contributed by atoms with E-state index < -0.39 is 0 Å². The van der Waals surface area contributed by atoms with Crippen LogP contribution >= 0.6 is 23.1 Å². The number of hydrogen-bond acceptors (Lipinski definition) is 3. The molecule has 0 amide bonds. The Morgan fingerprint density at radius 1 is 1.89 bits per heavy atom. The third kappa shape index (κ3) is 1.69. The fraction of sp³-hybridized carbons (Fsp3) is 0.333. The number of rotatable bonds is 2. The summed E-state index contributed by atoms with van der Waals surface area (Å²) < 4.78 is 1.30. The first-order valence-electron chi connectivity index (χ1n) is 2.66. The lowest BCUT2D eigenvalue weighted by molar-refractivity contribution is 1.21. The van der Waals surface area contributed by atoms with Gasteiger partial charge in [-0.2, -0.15) is 0 Å². The molecule has 0 aliphatic rings. The van der Waals surface area contributed by atoms with E-state index in [0.717, 1.165) is 11.4 Å². The SMILES string of the molecule is [CH2]CSc1scnc1C. The van der Waals surface area contributed by atoms with Crippen molar-refractivity contribution < 1.29 is 0 Å². The summed E-state index contributed by atoms with van der Waals surface area (Å²) in [7, 11) is 0. The molecule has 0 unspecified atom stereocenters. The topological polar surface area (TPSA) is 12.9 Å². The maximum absolute atomic E-state index is 4.11. The fourth-order valence-corrected chi connectivity index (χ4v) is 2.15. The van der Waals surface area contributed by atoms with Crippen molar-refractivity contribution in [2.45, 2.75) is 11.1 Å². The normalized spacial score (nSPS) is 10.0. The van der Waals surface area contributed by atoms with Crippen LogP contribution in [0.5, 0.6) is 0 Å². The van der Waals surface area contributed by atoms with Gasteiger partial charge in [0.15, 0.2) is 0 Å². The molecule has 1 heterocycles. The minimum atomic E-state index is 0.892. The van der Waals surface area contributed by atoms with E-state index in [-0.39, 0.29) is 0 Å². The van der Waals surface area contributed by atoms with Gasteiger partial charge in [0.25, 0.3) is 0 Å². The van der Waals surface area contributed by atoms with Crippen LogP contribution in [0.4, 0.5) is 0 Å². The molecule has 0 saturated heterocycles. The summed E-state index contributed by atoms with van der Waals surface area (Å²) >= 11 is 3.44. The molecular weight excluding hydrogens is 150 g/mol. The molecule has 49 valence electrons. The van der Waals surface area contributed by atoms with E-state index >= 15 is 0 Å². The molecule has 0 aliphatic carbocycles. The first-order chi connectivity index (χ1) is 4.34. The minimum Gasteiger partial charge on any atom is -0.249 e. The molecule has 1 nitrogen and oxygen atoms in total. The molecule has 0 bridgehead atoms. The quantitative estimate of drug-likeness (QED) is 0.613. The Labute approximate surface area is 63.5 Å². The van der Waals surface area contributed by atoms with Crippen molar-refractivity contribution in [3.63, 3.8) is 0 Å².